The molecule has 0 radical (unpaired) electrons. The van der Waals surface area contributed by atoms with Crippen LogP contribution in [-0.4, -0.2) is 16.0 Å². The molecule has 0 saturated carbocycles. The van der Waals surface area contributed by atoms with E-state index in [4.69, 9.17) is 11.6 Å². The van der Waals surface area contributed by atoms with E-state index in [1.54, 1.807) is 22.7 Å². The number of anilines is 1. The maximum Gasteiger partial charge on any atom is 0.225 e. The molecule has 1 unspecified atom stereocenters. The van der Waals surface area contributed by atoms with Gasteiger partial charge in [-0.2, -0.15) is 0 Å². The van der Waals surface area contributed by atoms with Gasteiger partial charge in [-0.15, -0.1) is 22.7 Å². The Balaban J connectivity index is 1.86. The van der Waals surface area contributed by atoms with E-state index in [-0.39, 0.29) is 0 Å². The predicted octanol–water partition coefficient (Wildman–Crippen LogP) is 4.76. The van der Waals surface area contributed by atoms with Gasteiger partial charge in [0.2, 0.25) is 5.28 Å². The standard InChI is InChI=1S/C14H14ClN3S2/c1-8(6-10-4-3-5-19-10)16-12-11-7-9(2)20-13(11)18-14(15)17-12/h3-5,7-8H,6H2,1-2H3,(H,16,17,18). The van der Waals surface area contributed by atoms with E-state index in [1.807, 2.05) is 0 Å². The minimum Gasteiger partial charge on any atom is -0.367 e. The number of hydrogen-bond acceptors (Lipinski definition) is 5. The zero-order chi connectivity index (χ0) is 14.1. The van der Waals surface area contributed by atoms with Gasteiger partial charge in [-0.1, -0.05) is 6.07 Å². The molecule has 3 heterocycles. The maximum atomic E-state index is 6.01. The average Bonchev–Trinajstić information content (AvgIpc) is 2.97. The zero-order valence-corrected chi connectivity index (χ0v) is 13.6. The quantitative estimate of drug-likeness (QED) is 0.703. The second kappa shape index (κ2) is 5.68. The largest absolute Gasteiger partial charge is 0.367 e. The molecule has 0 aliphatic heterocycles. The monoisotopic (exact) mass is 323 g/mol. The summed E-state index contributed by atoms with van der Waals surface area (Å²) in [4.78, 5) is 12.1. The van der Waals surface area contributed by atoms with E-state index in [2.05, 4.69) is 52.7 Å². The summed E-state index contributed by atoms with van der Waals surface area (Å²) in [5, 5.41) is 6.90. The van der Waals surface area contributed by atoms with Crippen LogP contribution in [0.3, 0.4) is 0 Å². The predicted molar refractivity (Wildman–Crippen MR) is 88.3 cm³/mol. The first kappa shape index (κ1) is 13.8. The zero-order valence-electron chi connectivity index (χ0n) is 11.2. The molecule has 0 spiro atoms. The van der Waals surface area contributed by atoms with Gasteiger partial charge >= 0.3 is 0 Å². The summed E-state index contributed by atoms with van der Waals surface area (Å²) < 4.78 is 0. The lowest BCUT2D eigenvalue weighted by Crippen LogP contribution is -2.18. The van der Waals surface area contributed by atoms with Crippen molar-refractivity contribution in [1.82, 2.24) is 9.97 Å². The van der Waals surface area contributed by atoms with Crippen molar-refractivity contribution in [3.63, 3.8) is 0 Å². The molecule has 0 aromatic carbocycles. The SMILES string of the molecule is Cc1cc2c(NC(C)Cc3cccs3)nc(Cl)nc2s1. The molecule has 0 amide bonds. The van der Waals surface area contributed by atoms with Crippen molar-refractivity contribution in [3.05, 3.63) is 38.6 Å². The molecule has 3 aromatic rings. The molecular formula is C14H14ClN3S2. The third kappa shape index (κ3) is 2.95. The molecule has 6 heteroatoms. The lowest BCUT2D eigenvalue weighted by molar-refractivity contribution is 0.796. The maximum absolute atomic E-state index is 6.01. The molecule has 3 aromatic heterocycles. The van der Waals surface area contributed by atoms with Gasteiger partial charge in [0.1, 0.15) is 10.6 Å². The van der Waals surface area contributed by atoms with Crippen molar-refractivity contribution in [3.8, 4) is 0 Å². The fourth-order valence-corrected chi connectivity index (χ4v) is 4.07. The summed E-state index contributed by atoms with van der Waals surface area (Å²) >= 11 is 9.42. The first-order valence-electron chi connectivity index (χ1n) is 6.34. The number of nitrogens with one attached hydrogen (secondary N) is 1. The first-order chi connectivity index (χ1) is 9.61. The lowest BCUT2D eigenvalue weighted by Gasteiger charge is -2.14. The van der Waals surface area contributed by atoms with Gasteiger partial charge in [-0.05, 0) is 43.0 Å². The van der Waals surface area contributed by atoms with Crippen molar-refractivity contribution in [2.45, 2.75) is 26.3 Å². The highest BCUT2D eigenvalue weighted by molar-refractivity contribution is 7.18. The van der Waals surface area contributed by atoms with Crippen molar-refractivity contribution in [2.75, 3.05) is 5.32 Å². The Morgan fingerprint density at radius 1 is 1.40 bits per heavy atom. The number of hydrogen-bond donors (Lipinski definition) is 1. The topological polar surface area (TPSA) is 37.8 Å². The Kier molecular flexibility index (Phi) is 3.92. The highest BCUT2D eigenvalue weighted by Gasteiger charge is 2.12. The van der Waals surface area contributed by atoms with Crippen LogP contribution in [0.1, 0.15) is 16.7 Å². The molecule has 20 heavy (non-hydrogen) atoms. The molecule has 1 atom stereocenters. The summed E-state index contributed by atoms with van der Waals surface area (Å²) in [7, 11) is 0. The van der Waals surface area contributed by atoms with E-state index in [1.165, 1.54) is 9.75 Å². The molecule has 0 bridgehead atoms. The Bertz CT molecular complexity index is 721. The van der Waals surface area contributed by atoms with E-state index in [0.717, 1.165) is 22.5 Å². The van der Waals surface area contributed by atoms with Crippen LogP contribution in [0, 0.1) is 6.92 Å². The van der Waals surface area contributed by atoms with Crippen LogP contribution in [-0.2, 0) is 6.42 Å². The van der Waals surface area contributed by atoms with Crippen LogP contribution >= 0.6 is 34.3 Å². The smallest absolute Gasteiger partial charge is 0.225 e. The van der Waals surface area contributed by atoms with Gasteiger partial charge < -0.3 is 5.32 Å². The van der Waals surface area contributed by atoms with Gasteiger partial charge in [0.05, 0.1) is 5.39 Å². The van der Waals surface area contributed by atoms with E-state index >= 15 is 0 Å². The third-order valence-electron chi connectivity index (χ3n) is 2.96. The number of nitrogens with zero attached hydrogens (tertiary/aromatic N) is 2. The molecule has 3 nitrogen and oxygen atoms in total. The second-order valence-corrected chi connectivity index (χ2v) is 7.35. The van der Waals surface area contributed by atoms with Gasteiger partial charge in [0.25, 0.3) is 0 Å². The highest BCUT2D eigenvalue weighted by atomic mass is 35.5. The van der Waals surface area contributed by atoms with Crippen molar-refractivity contribution < 1.29 is 0 Å². The second-order valence-electron chi connectivity index (χ2n) is 4.75. The molecule has 0 aliphatic carbocycles. The molecule has 1 N–H and O–H groups in total. The molecule has 104 valence electrons. The van der Waals surface area contributed by atoms with E-state index < -0.39 is 0 Å². The average molecular weight is 324 g/mol. The van der Waals surface area contributed by atoms with Crippen LogP contribution in [0.5, 0.6) is 0 Å². The fourth-order valence-electron chi connectivity index (χ4n) is 2.14. The Morgan fingerprint density at radius 3 is 3.00 bits per heavy atom. The molecule has 0 fully saturated rings. The number of rotatable bonds is 4. The Morgan fingerprint density at radius 2 is 2.25 bits per heavy atom. The van der Waals surface area contributed by atoms with Crippen molar-refractivity contribution in [1.29, 1.82) is 0 Å². The third-order valence-corrected chi connectivity index (χ3v) is 4.97. The normalized spacial score (nSPS) is 12.8. The molecule has 3 rings (SSSR count). The highest BCUT2D eigenvalue weighted by Crippen LogP contribution is 2.30. The van der Waals surface area contributed by atoms with E-state index in [9.17, 15) is 0 Å². The summed E-state index contributed by atoms with van der Waals surface area (Å²) in [6.45, 7) is 4.22. The van der Waals surface area contributed by atoms with Crippen LogP contribution in [0.15, 0.2) is 23.6 Å². The van der Waals surface area contributed by atoms with Gasteiger partial charge in [0, 0.05) is 22.2 Å². The minimum atomic E-state index is 0.294. The van der Waals surface area contributed by atoms with Crippen LogP contribution in [0.4, 0.5) is 5.82 Å². The fraction of sp³-hybridized carbons (Fsp3) is 0.286. The lowest BCUT2D eigenvalue weighted by atomic mass is 10.2. The summed E-state index contributed by atoms with van der Waals surface area (Å²) in [6, 6.07) is 6.63. The summed E-state index contributed by atoms with van der Waals surface area (Å²) in [6.07, 6.45) is 0.976. The molecule has 0 aliphatic rings. The van der Waals surface area contributed by atoms with Gasteiger partial charge in [-0.25, -0.2) is 9.97 Å². The van der Waals surface area contributed by atoms with Gasteiger partial charge in [0.15, 0.2) is 0 Å². The Hall–Kier alpha value is -1.17. The van der Waals surface area contributed by atoms with Crippen LogP contribution in [0.25, 0.3) is 10.2 Å². The number of fused-ring (bicyclic) bond motifs is 1. The number of aromatic nitrogens is 2. The Labute approximate surface area is 130 Å². The number of aryl methyl sites for hydroxylation is 1. The minimum absolute atomic E-state index is 0.294. The van der Waals surface area contributed by atoms with Crippen molar-refractivity contribution >= 4 is 50.3 Å². The molecule has 0 saturated heterocycles. The van der Waals surface area contributed by atoms with E-state index in [0.29, 0.717) is 11.3 Å². The van der Waals surface area contributed by atoms with Crippen molar-refractivity contribution in [2.24, 2.45) is 0 Å². The summed E-state index contributed by atoms with van der Waals surface area (Å²) in [5.41, 5.74) is 0. The van der Waals surface area contributed by atoms with Gasteiger partial charge in [-0.3, -0.25) is 0 Å². The number of halogens is 1. The summed E-state index contributed by atoms with van der Waals surface area (Å²) in [5.74, 6) is 0.827. The first-order valence-corrected chi connectivity index (χ1v) is 8.42. The molecular weight excluding hydrogens is 310 g/mol. The van der Waals surface area contributed by atoms with Crippen LogP contribution in [0.2, 0.25) is 5.28 Å². The number of thiophene rings is 2. The van der Waals surface area contributed by atoms with Crippen LogP contribution < -0.4 is 5.32 Å².